The molecule has 0 radical (unpaired) electrons. The standard InChI is InChI=1S/C13H15N3OS/c14-10-3-1-2-9-8-11(15-12(9)10)13(17)16-4-6-18-7-5-16/h1-3,8,15H,4-7,14H2. The lowest BCUT2D eigenvalue weighted by molar-refractivity contribution is 0.0767. The molecule has 2 aromatic rings. The first-order valence-electron chi connectivity index (χ1n) is 6.00. The van der Waals surface area contributed by atoms with Gasteiger partial charge in [-0.3, -0.25) is 4.79 Å². The summed E-state index contributed by atoms with van der Waals surface area (Å²) >= 11 is 1.89. The van der Waals surface area contributed by atoms with E-state index in [0.29, 0.717) is 11.4 Å². The van der Waals surface area contributed by atoms with Gasteiger partial charge in [-0.1, -0.05) is 12.1 Å². The predicted molar refractivity (Wildman–Crippen MR) is 75.9 cm³/mol. The topological polar surface area (TPSA) is 62.1 Å². The first-order chi connectivity index (χ1) is 8.75. The number of carbonyl (C=O) groups excluding carboxylic acids is 1. The maximum Gasteiger partial charge on any atom is 0.270 e. The monoisotopic (exact) mass is 261 g/mol. The summed E-state index contributed by atoms with van der Waals surface area (Å²) in [6, 6.07) is 7.59. The number of para-hydroxylation sites is 1. The summed E-state index contributed by atoms with van der Waals surface area (Å²) in [7, 11) is 0. The van der Waals surface area contributed by atoms with Crippen LogP contribution >= 0.6 is 11.8 Å². The first kappa shape index (κ1) is 11.5. The number of carbonyl (C=O) groups is 1. The minimum atomic E-state index is 0.0749. The smallest absolute Gasteiger partial charge is 0.270 e. The van der Waals surface area contributed by atoms with Crippen molar-refractivity contribution in [3.63, 3.8) is 0 Å². The summed E-state index contributed by atoms with van der Waals surface area (Å²) in [5, 5.41) is 0.990. The number of nitrogens with two attached hydrogens (primary N) is 1. The molecule has 1 aliphatic rings. The van der Waals surface area contributed by atoms with E-state index in [0.717, 1.165) is 35.5 Å². The minimum Gasteiger partial charge on any atom is -0.397 e. The van der Waals surface area contributed by atoms with Gasteiger partial charge in [-0.15, -0.1) is 0 Å². The van der Waals surface area contributed by atoms with E-state index in [1.165, 1.54) is 0 Å². The number of thioether (sulfide) groups is 1. The molecule has 18 heavy (non-hydrogen) atoms. The zero-order chi connectivity index (χ0) is 12.5. The van der Waals surface area contributed by atoms with E-state index in [2.05, 4.69) is 4.98 Å². The Bertz CT molecular complexity index is 587. The molecule has 0 aliphatic carbocycles. The number of rotatable bonds is 1. The predicted octanol–water partition coefficient (Wildman–Crippen LogP) is 1.94. The van der Waals surface area contributed by atoms with Crippen molar-refractivity contribution in [1.29, 1.82) is 0 Å². The SMILES string of the molecule is Nc1cccc2cc(C(=O)N3CCSCC3)[nH]c12. The molecule has 1 saturated heterocycles. The highest BCUT2D eigenvalue weighted by molar-refractivity contribution is 7.99. The Morgan fingerprint density at radius 1 is 1.33 bits per heavy atom. The van der Waals surface area contributed by atoms with Crippen LogP contribution in [-0.2, 0) is 0 Å². The van der Waals surface area contributed by atoms with E-state index in [-0.39, 0.29) is 5.91 Å². The molecule has 3 rings (SSSR count). The number of hydrogen-bond acceptors (Lipinski definition) is 3. The highest BCUT2D eigenvalue weighted by atomic mass is 32.2. The number of H-pyrrole nitrogens is 1. The molecule has 1 fully saturated rings. The third-order valence-electron chi connectivity index (χ3n) is 3.22. The van der Waals surface area contributed by atoms with Crippen molar-refractivity contribution in [2.24, 2.45) is 0 Å². The number of aromatic nitrogens is 1. The number of amides is 1. The van der Waals surface area contributed by atoms with Gasteiger partial charge in [-0.05, 0) is 12.1 Å². The fourth-order valence-corrected chi connectivity index (χ4v) is 3.13. The first-order valence-corrected chi connectivity index (χ1v) is 7.15. The number of nitrogen functional groups attached to an aromatic ring is 1. The summed E-state index contributed by atoms with van der Waals surface area (Å²) in [6.07, 6.45) is 0. The van der Waals surface area contributed by atoms with Gasteiger partial charge in [0.1, 0.15) is 5.69 Å². The molecule has 1 amide bonds. The van der Waals surface area contributed by atoms with Crippen LogP contribution in [0.2, 0.25) is 0 Å². The summed E-state index contributed by atoms with van der Waals surface area (Å²) in [4.78, 5) is 17.4. The molecule has 1 aromatic carbocycles. The van der Waals surface area contributed by atoms with Crippen molar-refractivity contribution in [2.75, 3.05) is 30.3 Å². The number of anilines is 1. The largest absolute Gasteiger partial charge is 0.397 e. The molecule has 3 N–H and O–H groups in total. The Balaban J connectivity index is 1.94. The number of benzene rings is 1. The van der Waals surface area contributed by atoms with Crippen LogP contribution in [0.4, 0.5) is 5.69 Å². The van der Waals surface area contributed by atoms with Gasteiger partial charge in [-0.2, -0.15) is 11.8 Å². The average Bonchev–Trinajstić information content (AvgIpc) is 2.84. The van der Waals surface area contributed by atoms with Crippen LogP contribution in [0.15, 0.2) is 24.3 Å². The Hall–Kier alpha value is -1.62. The van der Waals surface area contributed by atoms with E-state index in [4.69, 9.17) is 5.73 Å². The molecule has 0 spiro atoms. The average molecular weight is 261 g/mol. The molecule has 1 aliphatic heterocycles. The second-order valence-corrected chi connectivity index (χ2v) is 5.62. The second-order valence-electron chi connectivity index (χ2n) is 4.40. The van der Waals surface area contributed by atoms with Gasteiger partial charge in [0.2, 0.25) is 0 Å². The number of aromatic amines is 1. The molecule has 0 atom stereocenters. The second kappa shape index (κ2) is 4.57. The van der Waals surface area contributed by atoms with Crippen molar-refractivity contribution >= 4 is 34.3 Å². The third-order valence-corrected chi connectivity index (χ3v) is 4.16. The van der Waals surface area contributed by atoms with Crippen molar-refractivity contribution < 1.29 is 4.79 Å². The van der Waals surface area contributed by atoms with Crippen molar-refractivity contribution in [3.8, 4) is 0 Å². The number of hydrogen-bond donors (Lipinski definition) is 2. The van der Waals surface area contributed by atoms with E-state index < -0.39 is 0 Å². The summed E-state index contributed by atoms with van der Waals surface area (Å²) in [6.45, 7) is 1.66. The molecular weight excluding hydrogens is 246 g/mol. The van der Waals surface area contributed by atoms with Crippen LogP contribution in [-0.4, -0.2) is 40.4 Å². The molecular formula is C13H15N3OS. The summed E-state index contributed by atoms with van der Waals surface area (Å²) in [5.74, 6) is 2.12. The van der Waals surface area contributed by atoms with Crippen LogP contribution in [0.3, 0.4) is 0 Å². The van der Waals surface area contributed by atoms with Gasteiger partial charge < -0.3 is 15.6 Å². The maximum absolute atomic E-state index is 12.3. The van der Waals surface area contributed by atoms with Gasteiger partial charge in [0.25, 0.3) is 5.91 Å². The van der Waals surface area contributed by atoms with Crippen LogP contribution in [0.1, 0.15) is 10.5 Å². The number of nitrogens with one attached hydrogen (secondary N) is 1. The van der Waals surface area contributed by atoms with Crippen molar-refractivity contribution in [1.82, 2.24) is 9.88 Å². The summed E-state index contributed by atoms with van der Waals surface area (Å²) in [5.41, 5.74) is 8.06. The molecule has 5 heteroatoms. The highest BCUT2D eigenvalue weighted by Gasteiger charge is 2.20. The van der Waals surface area contributed by atoms with E-state index in [9.17, 15) is 4.79 Å². The fourth-order valence-electron chi connectivity index (χ4n) is 2.23. The maximum atomic E-state index is 12.3. The van der Waals surface area contributed by atoms with Gasteiger partial charge in [0, 0.05) is 30.0 Å². The number of nitrogens with zero attached hydrogens (tertiary/aromatic N) is 1. The highest BCUT2D eigenvalue weighted by Crippen LogP contribution is 2.22. The van der Waals surface area contributed by atoms with Crippen LogP contribution < -0.4 is 5.73 Å². The lowest BCUT2D eigenvalue weighted by atomic mass is 10.2. The lowest BCUT2D eigenvalue weighted by Gasteiger charge is -2.25. The Kier molecular flexibility index (Phi) is 2.91. The van der Waals surface area contributed by atoms with Crippen LogP contribution in [0.25, 0.3) is 10.9 Å². The van der Waals surface area contributed by atoms with Gasteiger partial charge in [0.15, 0.2) is 0 Å². The lowest BCUT2D eigenvalue weighted by Crippen LogP contribution is -2.38. The Labute approximate surface area is 110 Å². The molecule has 2 heterocycles. The zero-order valence-corrected chi connectivity index (χ0v) is 10.8. The fraction of sp³-hybridized carbons (Fsp3) is 0.308. The van der Waals surface area contributed by atoms with Crippen molar-refractivity contribution in [3.05, 3.63) is 30.0 Å². The molecule has 4 nitrogen and oxygen atoms in total. The molecule has 94 valence electrons. The van der Waals surface area contributed by atoms with Crippen LogP contribution in [0, 0.1) is 0 Å². The van der Waals surface area contributed by atoms with E-state index in [1.807, 2.05) is 40.9 Å². The summed E-state index contributed by atoms with van der Waals surface area (Å²) < 4.78 is 0. The Morgan fingerprint density at radius 3 is 2.83 bits per heavy atom. The Morgan fingerprint density at radius 2 is 2.11 bits per heavy atom. The quantitative estimate of drug-likeness (QED) is 0.771. The normalized spacial score (nSPS) is 16.1. The zero-order valence-electron chi connectivity index (χ0n) is 9.98. The van der Waals surface area contributed by atoms with Gasteiger partial charge in [-0.25, -0.2) is 0 Å². The molecule has 0 bridgehead atoms. The van der Waals surface area contributed by atoms with Crippen LogP contribution in [0.5, 0.6) is 0 Å². The molecule has 0 saturated carbocycles. The van der Waals surface area contributed by atoms with E-state index in [1.54, 1.807) is 0 Å². The molecule has 1 aromatic heterocycles. The third kappa shape index (κ3) is 1.95. The van der Waals surface area contributed by atoms with Gasteiger partial charge >= 0.3 is 0 Å². The minimum absolute atomic E-state index is 0.0749. The van der Waals surface area contributed by atoms with E-state index >= 15 is 0 Å². The number of fused-ring (bicyclic) bond motifs is 1. The van der Waals surface area contributed by atoms with Gasteiger partial charge in [0.05, 0.1) is 11.2 Å². The molecule has 0 unspecified atom stereocenters. The van der Waals surface area contributed by atoms with Crippen molar-refractivity contribution in [2.45, 2.75) is 0 Å².